The number of hydrogen-bond donors (Lipinski definition) is 1. The lowest BCUT2D eigenvalue weighted by Crippen LogP contribution is -2.39. The van der Waals surface area contributed by atoms with Gasteiger partial charge in [0.1, 0.15) is 11.5 Å². The van der Waals surface area contributed by atoms with Crippen molar-refractivity contribution < 1.29 is 19.1 Å². The number of rotatable bonds is 8. The Labute approximate surface area is 153 Å². The number of nitrogens with one attached hydrogen (secondary N) is 1. The van der Waals surface area contributed by atoms with Crippen LogP contribution in [0.1, 0.15) is 15.9 Å². The number of hydrogen-bond acceptors (Lipinski definition) is 4. The summed E-state index contributed by atoms with van der Waals surface area (Å²) in [6.07, 6.45) is 0.600. The predicted octanol–water partition coefficient (Wildman–Crippen LogP) is 2.13. The molecule has 6 heteroatoms. The van der Waals surface area contributed by atoms with Crippen LogP contribution >= 0.6 is 0 Å². The second-order valence-corrected chi connectivity index (χ2v) is 5.80. The van der Waals surface area contributed by atoms with E-state index in [-0.39, 0.29) is 18.4 Å². The van der Waals surface area contributed by atoms with Gasteiger partial charge in [-0.15, -0.1) is 0 Å². The van der Waals surface area contributed by atoms with Crippen LogP contribution in [0.3, 0.4) is 0 Å². The molecule has 0 saturated heterocycles. The third kappa shape index (κ3) is 5.24. The Bertz CT molecular complexity index is 747. The monoisotopic (exact) mass is 356 g/mol. The molecule has 0 bridgehead atoms. The molecule has 0 saturated carbocycles. The number of likely N-dealkylation sites (N-methyl/N-ethyl adjacent to an activating group) is 1. The van der Waals surface area contributed by atoms with Gasteiger partial charge in [0.25, 0.3) is 5.91 Å². The van der Waals surface area contributed by atoms with Crippen molar-refractivity contribution in [3.05, 3.63) is 59.7 Å². The molecule has 138 valence electrons. The minimum atomic E-state index is -0.210. The molecule has 2 aromatic rings. The molecule has 0 unspecified atom stereocenters. The SMILES string of the molecule is COc1ccc(OC)c(CCNC(=O)CN(C)C(=O)c2ccccc2)c1. The van der Waals surface area contributed by atoms with Crippen LogP contribution < -0.4 is 14.8 Å². The van der Waals surface area contributed by atoms with Crippen molar-refractivity contribution in [3.63, 3.8) is 0 Å². The number of carbonyl (C=O) groups is 2. The van der Waals surface area contributed by atoms with Crippen molar-refractivity contribution in [1.29, 1.82) is 0 Å². The lowest BCUT2D eigenvalue weighted by Gasteiger charge is -2.17. The summed E-state index contributed by atoms with van der Waals surface area (Å²) >= 11 is 0. The van der Waals surface area contributed by atoms with Crippen LogP contribution in [0.2, 0.25) is 0 Å². The highest BCUT2D eigenvalue weighted by Gasteiger charge is 2.14. The van der Waals surface area contributed by atoms with Crippen molar-refractivity contribution >= 4 is 11.8 Å². The number of nitrogens with zero attached hydrogens (tertiary/aromatic N) is 1. The van der Waals surface area contributed by atoms with Gasteiger partial charge in [-0.3, -0.25) is 9.59 Å². The molecule has 0 radical (unpaired) electrons. The summed E-state index contributed by atoms with van der Waals surface area (Å²) in [7, 11) is 4.82. The largest absolute Gasteiger partial charge is 0.497 e. The number of carbonyl (C=O) groups excluding carboxylic acids is 2. The molecule has 6 nitrogen and oxygen atoms in total. The lowest BCUT2D eigenvalue weighted by atomic mass is 10.1. The van der Waals surface area contributed by atoms with Crippen LogP contribution in [0, 0.1) is 0 Å². The number of amides is 2. The molecular weight excluding hydrogens is 332 g/mol. The van der Waals surface area contributed by atoms with Crippen molar-refractivity contribution in [1.82, 2.24) is 10.2 Å². The molecule has 1 N–H and O–H groups in total. The van der Waals surface area contributed by atoms with Gasteiger partial charge in [0.05, 0.1) is 20.8 Å². The Morgan fingerprint density at radius 2 is 1.77 bits per heavy atom. The fourth-order valence-electron chi connectivity index (χ4n) is 2.56. The third-order valence-electron chi connectivity index (χ3n) is 3.95. The molecule has 0 fully saturated rings. The Kier molecular flexibility index (Phi) is 7.02. The van der Waals surface area contributed by atoms with Gasteiger partial charge in [-0.2, -0.15) is 0 Å². The van der Waals surface area contributed by atoms with Crippen LogP contribution in [-0.2, 0) is 11.2 Å². The van der Waals surface area contributed by atoms with E-state index in [9.17, 15) is 9.59 Å². The average Bonchev–Trinajstić information content (AvgIpc) is 2.67. The van der Waals surface area contributed by atoms with E-state index >= 15 is 0 Å². The molecule has 0 heterocycles. The van der Waals surface area contributed by atoms with E-state index in [1.165, 1.54) is 4.90 Å². The standard InChI is InChI=1S/C20H24N2O4/c1-22(20(24)15-7-5-4-6-8-15)14-19(23)21-12-11-16-13-17(25-2)9-10-18(16)26-3/h4-10,13H,11-12,14H2,1-3H3,(H,21,23). The van der Waals surface area contributed by atoms with E-state index < -0.39 is 0 Å². The summed E-state index contributed by atoms with van der Waals surface area (Å²) in [5, 5.41) is 2.83. The van der Waals surface area contributed by atoms with Crippen LogP contribution in [-0.4, -0.2) is 51.1 Å². The first kappa shape index (κ1) is 19.3. The van der Waals surface area contributed by atoms with Gasteiger partial charge in [-0.25, -0.2) is 0 Å². The third-order valence-corrected chi connectivity index (χ3v) is 3.95. The molecule has 2 aromatic carbocycles. The summed E-state index contributed by atoms with van der Waals surface area (Å²) in [5.41, 5.74) is 1.50. The fraction of sp³-hybridized carbons (Fsp3) is 0.300. The van der Waals surface area contributed by atoms with E-state index in [1.807, 2.05) is 24.3 Å². The molecule has 0 spiro atoms. The Hall–Kier alpha value is -3.02. The molecular formula is C20H24N2O4. The zero-order valence-electron chi connectivity index (χ0n) is 15.3. The first-order valence-electron chi connectivity index (χ1n) is 8.33. The van der Waals surface area contributed by atoms with Crippen molar-refractivity contribution in [2.75, 3.05) is 34.4 Å². The van der Waals surface area contributed by atoms with Gasteiger partial charge in [0.2, 0.25) is 5.91 Å². The zero-order valence-corrected chi connectivity index (χ0v) is 15.3. The van der Waals surface area contributed by atoms with Crippen molar-refractivity contribution in [2.45, 2.75) is 6.42 Å². The first-order chi connectivity index (χ1) is 12.5. The highest BCUT2D eigenvalue weighted by atomic mass is 16.5. The van der Waals surface area contributed by atoms with Gasteiger partial charge in [-0.1, -0.05) is 18.2 Å². The molecule has 2 rings (SSSR count). The zero-order chi connectivity index (χ0) is 18.9. The number of ether oxygens (including phenoxy) is 2. The summed E-state index contributed by atoms with van der Waals surface area (Å²) < 4.78 is 10.5. The van der Waals surface area contributed by atoms with Gasteiger partial charge in [0.15, 0.2) is 0 Å². The maximum Gasteiger partial charge on any atom is 0.254 e. The minimum absolute atomic E-state index is 0.00295. The Morgan fingerprint density at radius 3 is 2.42 bits per heavy atom. The summed E-state index contributed by atoms with van der Waals surface area (Å²) in [4.78, 5) is 25.7. The van der Waals surface area contributed by atoms with Crippen LogP contribution in [0.5, 0.6) is 11.5 Å². The number of methoxy groups -OCH3 is 2. The smallest absolute Gasteiger partial charge is 0.254 e. The summed E-state index contributed by atoms with van der Waals surface area (Å²) in [5.74, 6) is 1.09. The highest BCUT2D eigenvalue weighted by molar-refractivity contribution is 5.96. The molecule has 0 aliphatic carbocycles. The molecule has 0 atom stereocenters. The highest BCUT2D eigenvalue weighted by Crippen LogP contribution is 2.24. The van der Waals surface area contributed by atoms with E-state index in [0.29, 0.717) is 18.5 Å². The van der Waals surface area contributed by atoms with Crippen molar-refractivity contribution in [2.24, 2.45) is 0 Å². The molecule has 2 amide bonds. The normalized spacial score (nSPS) is 10.1. The van der Waals surface area contributed by atoms with E-state index in [0.717, 1.165) is 17.1 Å². The summed E-state index contributed by atoms with van der Waals surface area (Å²) in [6.45, 7) is 0.443. The number of benzene rings is 2. The second-order valence-electron chi connectivity index (χ2n) is 5.80. The first-order valence-corrected chi connectivity index (χ1v) is 8.33. The van der Waals surface area contributed by atoms with Crippen LogP contribution in [0.4, 0.5) is 0 Å². The molecule has 26 heavy (non-hydrogen) atoms. The molecule has 0 aliphatic rings. The second kappa shape index (κ2) is 9.46. The maximum atomic E-state index is 12.2. The minimum Gasteiger partial charge on any atom is -0.497 e. The average molecular weight is 356 g/mol. The lowest BCUT2D eigenvalue weighted by molar-refractivity contribution is -0.121. The van der Waals surface area contributed by atoms with Gasteiger partial charge < -0.3 is 19.7 Å². The van der Waals surface area contributed by atoms with Crippen molar-refractivity contribution in [3.8, 4) is 11.5 Å². The van der Waals surface area contributed by atoms with Gasteiger partial charge in [-0.05, 0) is 42.3 Å². The van der Waals surface area contributed by atoms with Crippen LogP contribution in [0.15, 0.2) is 48.5 Å². The molecule has 0 aromatic heterocycles. The van der Waals surface area contributed by atoms with E-state index in [4.69, 9.17) is 9.47 Å². The van der Waals surface area contributed by atoms with Gasteiger partial charge in [0, 0.05) is 19.2 Å². The maximum absolute atomic E-state index is 12.2. The topological polar surface area (TPSA) is 67.9 Å². The van der Waals surface area contributed by atoms with E-state index in [2.05, 4.69) is 5.32 Å². The fourth-order valence-corrected chi connectivity index (χ4v) is 2.56. The van der Waals surface area contributed by atoms with Crippen LogP contribution in [0.25, 0.3) is 0 Å². The molecule has 0 aliphatic heterocycles. The quantitative estimate of drug-likeness (QED) is 0.787. The Morgan fingerprint density at radius 1 is 1.04 bits per heavy atom. The van der Waals surface area contributed by atoms with Gasteiger partial charge >= 0.3 is 0 Å². The van der Waals surface area contributed by atoms with E-state index in [1.54, 1.807) is 45.5 Å². The predicted molar refractivity (Wildman–Crippen MR) is 99.7 cm³/mol. The Balaban J connectivity index is 1.84. The summed E-state index contributed by atoms with van der Waals surface area (Å²) in [6, 6.07) is 14.4.